The molecule has 1 unspecified atom stereocenters. The van der Waals surface area contributed by atoms with Gasteiger partial charge in [-0.05, 0) is 79.2 Å². The summed E-state index contributed by atoms with van der Waals surface area (Å²) in [6, 6.07) is 18.3. The topological polar surface area (TPSA) is 186 Å². The Hall–Kier alpha value is -5.87. The third kappa shape index (κ3) is 6.54. The molecule has 5 aliphatic rings. The second-order valence-corrected chi connectivity index (χ2v) is 16.6. The number of carbonyl (C=O) groups excluding carboxylic acids is 4. The number of nitrogens with one attached hydrogen (secondary N) is 2. The van der Waals surface area contributed by atoms with Crippen molar-refractivity contribution in [3.8, 4) is 11.5 Å². The fourth-order valence-corrected chi connectivity index (χ4v) is 8.83. The number of rotatable bonds is 11. The molecule has 4 aromatic rings. The third-order valence-electron chi connectivity index (χ3n) is 10.7. The van der Waals surface area contributed by atoms with E-state index in [0.29, 0.717) is 36.0 Å². The molecule has 55 heavy (non-hydrogen) atoms. The molecular weight excluding hydrogens is 729 g/mol. The monoisotopic (exact) mass is 764 g/mol. The van der Waals surface area contributed by atoms with Gasteiger partial charge in [0.05, 0.1) is 45.2 Å². The number of hydrogen-bond donors (Lipinski definition) is 2. The Balaban J connectivity index is 0.751. The lowest BCUT2D eigenvalue weighted by Crippen LogP contribution is -2.66. The molecule has 1 aliphatic carbocycles. The molecule has 1 saturated carbocycles. The van der Waals surface area contributed by atoms with E-state index in [1.165, 1.54) is 24.3 Å². The quantitative estimate of drug-likeness (QED) is 0.213. The molecule has 1 aromatic heterocycles. The molecule has 9 rings (SSSR count). The summed E-state index contributed by atoms with van der Waals surface area (Å²) in [5, 5.41) is 5.56. The number of anilines is 2. The summed E-state index contributed by atoms with van der Waals surface area (Å²) < 4.78 is 44.1. The molecule has 2 N–H and O–H groups in total. The molecule has 3 saturated heterocycles. The van der Waals surface area contributed by atoms with Gasteiger partial charge in [-0.3, -0.25) is 29.4 Å². The highest BCUT2D eigenvalue weighted by molar-refractivity contribution is 7.91. The van der Waals surface area contributed by atoms with Gasteiger partial charge in [0.25, 0.3) is 11.8 Å². The predicted octanol–water partition coefficient (Wildman–Crippen LogP) is 3.15. The van der Waals surface area contributed by atoms with Gasteiger partial charge in [0.2, 0.25) is 27.6 Å². The van der Waals surface area contributed by atoms with E-state index in [1.54, 1.807) is 54.7 Å². The van der Waals surface area contributed by atoms with E-state index in [1.807, 2.05) is 0 Å². The van der Waals surface area contributed by atoms with Gasteiger partial charge in [0.15, 0.2) is 0 Å². The first-order chi connectivity index (χ1) is 26.5. The molecule has 282 valence electrons. The first-order valence-electron chi connectivity index (χ1n) is 18.1. The SMILES string of the molecule is O=C1CCC(N2C(=O)c3ccc(N[C@H]4C[C@@H](Oc5ccc(S(=O)(=O)c6ccc(OCc7ccnc(N8CC9(COC9)C8)n7)cc6)cc5)C4)cc3C2=O)C(=O)N1. The molecule has 0 radical (unpaired) electrons. The highest BCUT2D eigenvalue weighted by Crippen LogP contribution is 2.39. The van der Waals surface area contributed by atoms with Crippen LogP contribution in [0, 0.1) is 5.41 Å². The van der Waals surface area contributed by atoms with Crippen LogP contribution in [-0.2, 0) is 30.8 Å². The lowest BCUT2D eigenvalue weighted by Gasteiger charge is -2.54. The van der Waals surface area contributed by atoms with Gasteiger partial charge in [0.1, 0.15) is 30.3 Å². The van der Waals surface area contributed by atoms with Gasteiger partial charge in [-0.2, -0.15) is 0 Å². The zero-order valence-electron chi connectivity index (χ0n) is 29.5. The average molecular weight is 765 g/mol. The molecule has 4 aliphatic heterocycles. The van der Waals surface area contributed by atoms with Gasteiger partial charge < -0.3 is 24.4 Å². The summed E-state index contributed by atoms with van der Waals surface area (Å²) in [5.41, 5.74) is 2.06. The summed E-state index contributed by atoms with van der Waals surface area (Å²) in [7, 11) is -3.79. The second kappa shape index (κ2) is 13.5. The summed E-state index contributed by atoms with van der Waals surface area (Å²) in [6.07, 6.45) is 3.08. The Bertz CT molecular complexity index is 2320. The maximum atomic E-state index is 13.4. The Morgan fingerprint density at radius 1 is 0.873 bits per heavy atom. The molecule has 4 fully saturated rings. The Kier molecular flexibility index (Phi) is 8.53. The standard InChI is InChI=1S/C39H36N6O9S/c46-34-12-11-33(35(47)43-34)45-36(48)31-10-1-23(17-32(31)37(45)49)41-25-15-28(16-25)54-27-4-8-30(9-5-27)55(50,51)29-6-2-26(3-7-29)53-18-24-13-14-40-38(42-24)44-19-39(20-44)21-52-22-39/h1-10,13-14,17,25,28,33,41H,11-12,15-16,18-22H2,(H,43,46,47)/t25-,28+,33?. The smallest absolute Gasteiger partial charge is 0.262 e. The minimum Gasteiger partial charge on any atom is -0.490 e. The van der Waals surface area contributed by atoms with E-state index in [9.17, 15) is 27.6 Å². The molecule has 3 aromatic carbocycles. The van der Waals surface area contributed by atoms with E-state index in [-0.39, 0.29) is 57.9 Å². The molecule has 1 atom stereocenters. The Morgan fingerprint density at radius 2 is 1.56 bits per heavy atom. The van der Waals surface area contributed by atoms with Crippen molar-refractivity contribution in [1.29, 1.82) is 0 Å². The van der Waals surface area contributed by atoms with Gasteiger partial charge >= 0.3 is 0 Å². The number of sulfone groups is 1. The molecule has 4 amide bonds. The fraction of sp³-hybridized carbons (Fsp3) is 0.333. The highest BCUT2D eigenvalue weighted by atomic mass is 32.2. The van der Waals surface area contributed by atoms with Crippen LogP contribution in [0.5, 0.6) is 11.5 Å². The highest BCUT2D eigenvalue weighted by Gasteiger charge is 2.50. The number of imide groups is 2. The van der Waals surface area contributed by atoms with Crippen LogP contribution >= 0.6 is 0 Å². The zero-order chi connectivity index (χ0) is 37.9. The van der Waals surface area contributed by atoms with E-state index < -0.39 is 39.5 Å². The third-order valence-corrected chi connectivity index (χ3v) is 12.5. The van der Waals surface area contributed by atoms with Crippen molar-refractivity contribution < 1.29 is 41.8 Å². The van der Waals surface area contributed by atoms with Gasteiger partial charge in [-0.25, -0.2) is 18.4 Å². The minimum absolute atomic E-state index is 0.0484. The van der Waals surface area contributed by atoms with Crippen LogP contribution in [0.4, 0.5) is 11.6 Å². The van der Waals surface area contributed by atoms with Gasteiger partial charge in [-0.15, -0.1) is 0 Å². The molecule has 15 nitrogen and oxygen atoms in total. The Morgan fingerprint density at radius 3 is 2.24 bits per heavy atom. The summed E-state index contributed by atoms with van der Waals surface area (Å²) >= 11 is 0. The first-order valence-corrected chi connectivity index (χ1v) is 19.5. The summed E-state index contributed by atoms with van der Waals surface area (Å²) in [5.74, 6) is -0.463. The largest absolute Gasteiger partial charge is 0.490 e. The lowest BCUT2D eigenvalue weighted by atomic mass is 9.78. The number of benzene rings is 3. The van der Waals surface area contributed by atoms with Crippen LogP contribution in [0.1, 0.15) is 52.1 Å². The van der Waals surface area contributed by atoms with Crippen LogP contribution in [0.3, 0.4) is 0 Å². The molecule has 16 heteroatoms. The van der Waals surface area contributed by atoms with Crippen molar-refractivity contribution in [2.45, 2.75) is 60.3 Å². The van der Waals surface area contributed by atoms with E-state index in [4.69, 9.17) is 14.2 Å². The summed E-state index contributed by atoms with van der Waals surface area (Å²) in [6.45, 7) is 3.56. The van der Waals surface area contributed by atoms with Crippen molar-refractivity contribution in [2.24, 2.45) is 5.41 Å². The van der Waals surface area contributed by atoms with Crippen LogP contribution in [0.2, 0.25) is 0 Å². The van der Waals surface area contributed by atoms with Crippen LogP contribution in [0.25, 0.3) is 0 Å². The van der Waals surface area contributed by atoms with Crippen molar-refractivity contribution in [3.05, 3.63) is 95.8 Å². The number of amides is 4. The van der Waals surface area contributed by atoms with Crippen LogP contribution in [0.15, 0.2) is 88.8 Å². The fourth-order valence-electron chi connectivity index (χ4n) is 7.57. The van der Waals surface area contributed by atoms with Gasteiger partial charge in [0, 0.05) is 50.3 Å². The maximum Gasteiger partial charge on any atom is 0.262 e. The lowest BCUT2D eigenvalue weighted by molar-refractivity contribution is -0.136. The molecular formula is C39H36N6O9S. The van der Waals surface area contributed by atoms with Crippen LogP contribution in [-0.4, -0.2) is 91.4 Å². The van der Waals surface area contributed by atoms with Crippen molar-refractivity contribution in [3.63, 3.8) is 0 Å². The van der Waals surface area contributed by atoms with E-state index >= 15 is 0 Å². The van der Waals surface area contributed by atoms with E-state index in [0.717, 1.165) is 36.9 Å². The molecule has 1 spiro atoms. The zero-order valence-corrected chi connectivity index (χ0v) is 30.3. The molecule has 0 bridgehead atoms. The predicted molar refractivity (Wildman–Crippen MR) is 194 cm³/mol. The molecule has 5 heterocycles. The van der Waals surface area contributed by atoms with Crippen LogP contribution < -0.4 is 25.0 Å². The average Bonchev–Trinajstić information content (AvgIpc) is 3.37. The maximum absolute atomic E-state index is 13.4. The first kappa shape index (κ1) is 34.9. The Labute approximate surface area is 315 Å². The number of nitrogens with zero attached hydrogens (tertiary/aromatic N) is 4. The van der Waals surface area contributed by atoms with Crippen molar-refractivity contribution in [1.82, 2.24) is 20.2 Å². The van der Waals surface area contributed by atoms with Crippen molar-refractivity contribution >= 4 is 45.1 Å². The number of piperidine rings is 1. The van der Waals surface area contributed by atoms with Gasteiger partial charge in [-0.1, -0.05) is 0 Å². The number of hydrogen-bond acceptors (Lipinski definition) is 13. The number of ether oxygens (including phenoxy) is 3. The van der Waals surface area contributed by atoms with E-state index in [2.05, 4.69) is 25.5 Å². The normalized spacial score (nSPS) is 22.7. The number of aromatic nitrogens is 2. The number of carbonyl (C=O) groups is 4. The summed E-state index contributed by atoms with van der Waals surface area (Å²) in [4.78, 5) is 62.4. The minimum atomic E-state index is -3.79. The number of fused-ring (bicyclic) bond motifs is 1. The second-order valence-electron chi connectivity index (χ2n) is 14.7. The van der Waals surface area contributed by atoms with Crippen molar-refractivity contribution in [2.75, 3.05) is 36.5 Å².